The van der Waals surface area contributed by atoms with Gasteiger partial charge < -0.3 is 4.90 Å². The van der Waals surface area contributed by atoms with Crippen molar-refractivity contribution < 1.29 is 14.4 Å². The summed E-state index contributed by atoms with van der Waals surface area (Å²) >= 11 is 0. The van der Waals surface area contributed by atoms with Crippen molar-refractivity contribution in [1.29, 1.82) is 0 Å². The smallest absolute Gasteiger partial charge is 0.255 e. The number of aryl methyl sites for hydroxylation is 2. The highest BCUT2D eigenvalue weighted by molar-refractivity contribution is 6.05. The van der Waals surface area contributed by atoms with E-state index >= 15 is 0 Å². The summed E-state index contributed by atoms with van der Waals surface area (Å²) in [5, 5.41) is 11.2. The number of rotatable bonds is 3. The summed E-state index contributed by atoms with van der Waals surface area (Å²) in [5.41, 5.74) is 5.01. The number of piperidine rings is 1. The predicted octanol–water partition coefficient (Wildman–Crippen LogP) is 1.25. The summed E-state index contributed by atoms with van der Waals surface area (Å²) in [4.78, 5) is 38.1. The molecular formula is C21H20N6O3. The van der Waals surface area contributed by atoms with E-state index in [9.17, 15) is 14.4 Å². The zero-order valence-electron chi connectivity index (χ0n) is 16.6. The highest BCUT2D eigenvalue weighted by atomic mass is 16.2. The Morgan fingerprint density at radius 1 is 1.10 bits per heavy atom. The molecular weight excluding hydrogens is 384 g/mol. The highest BCUT2D eigenvalue weighted by Crippen LogP contribution is 2.35. The van der Waals surface area contributed by atoms with Crippen molar-refractivity contribution in [2.24, 2.45) is 14.1 Å². The van der Waals surface area contributed by atoms with Gasteiger partial charge in [0.15, 0.2) is 0 Å². The minimum atomic E-state index is -0.617. The van der Waals surface area contributed by atoms with Crippen molar-refractivity contribution in [2.75, 3.05) is 0 Å². The maximum atomic E-state index is 12.9. The van der Waals surface area contributed by atoms with Gasteiger partial charge in [0.05, 0.1) is 11.9 Å². The van der Waals surface area contributed by atoms with Gasteiger partial charge in [0.1, 0.15) is 11.7 Å². The van der Waals surface area contributed by atoms with E-state index in [2.05, 4.69) is 15.5 Å². The van der Waals surface area contributed by atoms with Crippen LogP contribution in [0.4, 0.5) is 0 Å². The molecule has 1 fully saturated rings. The summed E-state index contributed by atoms with van der Waals surface area (Å²) < 4.78 is 3.52. The molecule has 0 radical (unpaired) electrons. The number of carbonyl (C=O) groups is 3. The van der Waals surface area contributed by atoms with E-state index in [1.54, 1.807) is 26.5 Å². The number of benzene rings is 1. The van der Waals surface area contributed by atoms with Gasteiger partial charge in [-0.15, -0.1) is 0 Å². The number of hydrogen-bond donors (Lipinski definition) is 1. The number of fused-ring (bicyclic) bond motifs is 1. The number of amides is 3. The standard InChI is InChI=1S/C21H20N6O3/c1-25-8-7-16(24-25)19-15(10-22-26(19)2)12-3-4-14-13(9-12)11-27(21(14)30)17-5-6-18(28)23-20(17)29/h3-4,7-10,17H,5-6,11H2,1-2H3,(H,23,28,29). The number of nitrogens with zero attached hydrogens (tertiary/aromatic N) is 5. The lowest BCUT2D eigenvalue weighted by Crippen LogP contribution is -2.52. The third kappa shape index (κ3) is 2.81. The molecule has 1 aromatic carbocycles. The maximum Gasteiger partial charge on any atom is 0.255 e. The zero-order valence-corrected chi connectivity index (χ0v) is 16.6. The Hall–Kier alpha value is -3.75. The van der Waals surface area contributed by atoms with Crippen molar-refractivity contribution >= 4 is 17.7 Å². The van der Waals surface area contributed by atoms with Gasteiger partial charge in [-0.1, -0.05) is 6.07 Å². The molecule has 0 bridgehead atoms. The molecule has 3 amide bonds. The first kappa shape index (κ1) is 18.3. The van der Waals surface area contributed by atoms with E-state index in [0.717, 1.165) is 28.1 Å². The van der Waals surface area contributed by atoms with Gasteiger partial charge in [-0.05, 0) is 35.7 Å². The minimum Gasteiger partial charge on any atom is -0.322 e. The normalized spacial score (nSPS) is 18.7. The van der Waals surface area contributed by atoms with Crippen LogP contribution >= 0.6 is 0 Å². The molecule has 9 nitrogen and oxygen atoms in total. The molecule has 2 aliphatic rings. The van der Waals surface area contributed by atoms with Crippen LogP contribution in [0.1, 0.15) is 28.8 Å². The molecule has 2 aromatic heterocycles. The van der Waals surface area contributed by atoms with E-state index < -0.39 is 11.9 Å². The van der Waals surface area contributed by atoms with Gasteiger partial charge in [0.2, 0.25) is 11.8 Å². The lowest BCUT2D eigenvalue weighted by molar-refractivity contribution is -0.136. The minimum absolute atomic E-state index is 0.179. The summed E-state index contributed by atoms with van der Waals surface area (Å²) in [6, 6.07) is 6.99. The first-order valence-electron chi connectivity index (χ1n) is 9.72. The van der Waals surface area contributed by atoms with Crippen LogP contribution in [-0.4, -0.2) is 48.2 Å². The number of hydrogen-bond acceptors (Lipinski definition) is 5. The Kier molecular flexibility index (Phi) is 4.05. The number of imide groups is 1. The summed E-state index contributed by atoms with van der Waals surface area (Å²) in [7, 11) is 3.74. The fraction of sp³-hybridized carbons (Fsp3) is 0.286. The van der Waals surface area contributed by atoms with E-state index in [1.807, 2.05) is 38.5 Å². The predicted molar refractivity (Wildman–Crippen MR) is 107 cm³/mol. The van der Waals surface area contributed by atoms with Crippen LogP contribution in [-0.2, 0) is 30.2 Å². The second-order valence-electron chi connectivity index (χ2n) is 7.68. The molecule has 2 aliphatic heterocycles. The van der Waals surface area contributed by atoms with Crippen molar-refractivity contribution in [3.05, 3.63) is 47.8 Å². The van der Waals surface area contributed by atoms with Crippen LogP contribution in [0.3, 0.4) is 0 Å². The van der Waals surface area contributed by atoms with Gasteiger partial charge in [-0.3, -0.25) is 29.1 Å². The first-order chi connectivity index (χ1) is 14.4. The van der Waals surface area contributed by atoms with Crippen molar-refractivity contribution in [3.8, 4) is 22.5 Å². The van der Waals surface area contributed by atoms with Gasteiger partial charge >= 0.3 is 0 Å². The van der Waals surface area contributed by atoms with Crippen molar-refractivity contribution in [3.63, 3.8) is 0 Å². The Balaban J connectivity index is 1.49. The Morgan fingerprint density at radius 3 is 2.67 bits per heavy atom. The average Bonchev–Trinajstić information content (AvgIpc) is 3.39. The quantitative estimate of drug-likeness (QED) is 0.662. The topological polar surface area (TPSA) is 102 Å². The number of aromatic nitrogens is 4. The fourth-order valence-corrected chi connectivity index (χ4v) is 4.24. The Morgan fingerprint density at radius 2 is 1.93 bits per heavy atom. The lowest BCUT2D eigenvalue weighted by atomic mass is 10.00. The fourth-order valence-electron chi connectivity index (χ4n) is 4.24. The molecule has 30 heavy (non-hydrogen) atoms. The lowest BCUT2D eigenvalue weighted by Gasteiger charge is -2.29. The van der Waals surface area contributed by atoms with Crippen LogP contribution in [0.25, 0.3) is 22.5 Å². The largest absolute Gasteiger partial charge is 0.322 e. The molecule has 5 rings (SSSR count). The third-order valence-corrected chi connectivity index (χ3v) is 5.73. The summed E-state index contributed by atoms with van der Waals surface area (Å²) in [5.74, 6) is -0.874. The van der Waals surface area contributed by atoms with Crippen molar-refractivity contribution in [1.82, 2.24) is 29.8 Å². The van der Waals surface area contributed by atoms with Crippen LogP contribution in [0.2, 0.25) is 0 Å². The highest BCUT2D eigenvalue weighted by Gasteiger charge is 2.39. The molecule has 1 unspecified atom stereocenters. The molecule has 1 N–H and O–H groups in total. The molecule has 3 aromatic rings. The van der Waals surface area contributed by atoms with Gasteiger partial charge in [-0.2, -0.15) is 10.2 Å². The van der Waals surface area contributed by atoms with Gasteiger partial charge in [0, 0.05) is 44.4 Å². The molecule has 0 spiro atoms. The van der Waals surface area contributed by atoms with Crippen LogP contribution < -0.4 is 5.32 Å². The van der Waals surface area contributed by atoms with Crippen LogP contribution in [0.15, 0.2) is 36.7 Å². The molecule has 0 aliphatic carbocycles. The molecule has 4 heterocycles. The van der Waals surface area contributed by atoms with E-state index in [1.165, 1.54) is 0 Å². The zero-order chi connectivity index (χ0) is 21.0. The maximum absolute atomic E-state index is 12.9. The second kappa shape index (κ2) is 6.65. The van der Waals surface area contributed by atoms with Crippen LogP contribution in [0, 0.1) is 0 Å². The third-order valence-electron chi connectivity index (χ3n) is 5.73. The van der Waals surface area contributed by atoms with Gasteiger partial charge in [-0.25, -0.2) is 0 Å². The van der Waals surface area contributed by atoms with E-state index in [4.69, 9.17) is 0 Å². The molecule has 0 saturated carbocycles. The molecule has 9 heteroatoms. The van der Waals surface area contributed by atoms with Crippen LogP contribution in [0.5, 0.6) is 0 Å². The Labute approximate surface area is 172 Å². The van der Waals surface area contributed by atoms with Crippen molar-refractivity contribution in [2.45, 2.75) is 25.4 Å². The SMILES string of the molecule is Cn1ccc(-c2c(-c3ccc4c(c3)CN(C3CCC(=O)NC3=O)C4=O)cnn2C)n1. The monoisotopic (exact) mass is 404 g/mol. The molecule has 1 saturated heterocycles. The second-order valence-corrected chi connectivity index (χ2v) is 7.68. The van der Waals surface area contributed by atoms with E-state index in [0.29, 0.717) is 18.5 Å². The first-order valence-corrected chi connectivity index (χ1v) is 9.72. The number of nitrogens with one attached hydrogen (secondary N) is 1. The molecule has 152 valence electrons. The Bertz CT molecular complexity index is 1210. The van der Waals surface area contributed by atoms with E-state index in [-0.39, 0.29) is 18.2 Å². The van der Waals surface area contributed by atoms with Gasteiger partial charge in [0.25, 0.3) is 5.91 Å². The summed E-state index contributed by atoms with van der Waals surface area (Å²) in [6.45, 7) is 0.341. The average molecular weight is 404 g/mol. The molecule has 1 atom stereocenters. The number of carbonyl (C=O) groups excluding carboxylic acids is 3. The summed E-state index contributed by atoms with van der Waals surface area (Å²) in [6.07, 6.45) is 4.26.